The van der Waals surface area contributed by atoms with E-state index in [-0.39, 0.29) is 18.1 Å². The van der Waals surface area contributed by atoms with Gasteiger partial charge in [-0.25, -0.2) is 4.79 Å². The Labute approximate surface area is 208 Å². The van der Waals surface area contributed by atoms with Crippen LogP contribution in [0.15, 0.2) is 24.3 Å². The van der Waals surface area contributed by atoms with E-state index >= 15 is 0 Å². The lowest BCUT2D eigenvalue weighted by Gasteiger charge is -2.25. The van der Waals surface area contributed by atoms with Crippen LogP contribution in [0.3, 0.4) is 0 Å². The number of carbonyl (C=O) groups excluding carboxylic acids is 4. The van der Waals surface area contributed by atoms with Crippen LogP contribution in [0.1, 0.15) is 39.2 Å². The van der Waals surface area contributed by atoms with Crippen LogP contribution in [0.4, 0.5) is 0 Å². The fourth-order valence-electron chi connectivity index (χ4n) is 3.30. The molecule has 0 saturated carbocycles. The number of carboxylic acids is 1. The summed E-state index contributed by atoms with van der Waals surface area (Å²) in [5.41, 5.74) is 11.7. The number of nitrogens with one attached hydrogen (secondary N) is 3. The number of carboxylic acid groups (broad SMARTS) is 1. The predicted molar refractivity (Wildman–Crippen MR) is 128 cm³/mol. The highest BCUT2D eigenvalue weighted by atomic mass is 16.4. The molecule has 0 aromatic heterocycles. The zero-order chi connectivity index (χ0) is 27.6. The zero-order valence-corrected chi connectivity index (χ0v) is 20.4. The molecular formula is C23H35N5O8. The van der Waals surface area contributed by atoms with Crippen molar-refractivity contribution in [3.8, 4) is 5.75 Å². The summed E-state index contributed by atoms with van der Waals surface area (Å²) in [6.07, 6.45) is -1.85. The molecule has 0 aliphatic rings. The van der Waals surface area contributed by atoms with Gasteiger partial charge >= 0.3 is 5.97 Å². The number of aliphatic hydroxyl groups is 1. The van der Waals surface area contributed by atoms with Gasteiger partial charge in [0.1, 0.15) is 17.8 Å². The number of aromatic hydroxyl groups is 1. The van der Waals surface area contributed by atoms with E-state index in [1.807, 2.05) is 13.8 Å². The molecule has 0 aliphatic carbocycles. The number of primary amides is 1. The summed E-state index contributed by atoms with van der Waals surface area (Å²) in [5.74, 6) is -4.93. The Morgan fingerprint density at radius 3 is 1.89 bits per heavy atom. The molecular weight excluding hydrogens is 474 g/mol. The van der Waals surface area contributed by atoms with Gasteiger partial charge in [-0.05, 0) is 37.0 Å². The third kappa shape index (κ3) is 10.3. The van der Waals surface area contributed by atoms with Crippen LogP contribution in [0, 0.1) is 5.92 Å². The molecule has 5 atom stereocenters. The first kappa shape index (κ1) is 30.3. The van der Waals surface area contributed by atoms with E-state index in [4.69, 9.17) is 11.5 Å². The highest BCUT2D eigenvalue weighted by Gasteiger charge is 2.32. The van der Waals surface area contributed by atoms with Gasteiger partial charge in [-0.1, -0.05) is 26.0 Å². The number of benzene rings is 1. The second-order valence-corrected chi connectivity index (χ2v) is 8.96. The van der Waals surface area contributed by atoms with Crippen molar-refractivity contribution in [2.75, 3.05) is 0 Å². The minimum Gasteiger partial charge on any atom is -0.508 e. The van der Waals surface area contributed by atoms with Gasteiger partial charge in [-0.3, -0.25) is 19.2 Å². The van der Waals surface area contributed by atoms with Crippen LogP contribution >= 0.6 is 0 Å². The maximum Gasteiger partial charge on any atom is 0.328 e. The largest absolute Gasteiger partial charge is 0.508 e. The molecule has 0 aliphatic heterocycles. The predicted octanol–water partition coefficient (Wildman–Crippen LogP) is -1.90. The first-order chi connectivity index (χ1) is 16.7. The molecule has 1 aromatic rings. The number of phenolic OH excluding ortho intramolecular Hbond substituents is 1. The number of hydrogen-bond donors (Lipinski definition) is 8. The number of amides is 4. The SMILES string of the molecule is CC(C)CC(N)C(=O)NC(Cc1ccc(O)cc1)C(=O)NC(CC(N)=O)C(=O)NC(C(=O)O)C(C)O. The molecule has 0 spiro atoms. The molecule has 5 unspecified atom stereocenters. The van der Waals surface area contributed by atoms with Crippen LogP contribution in [-0.4, -0.2) is 75.2 Å². The summed E-state index contributed by atoms with van der Waals surface area (Å²) < 4.78 is 0. The van der Waals surface area contributed by atoms with Crippen molar-refractivity contribution in [3.63, 3.8) is 0 Å². The third-order valence-corrected chi connectivity index (χ3v) is 5.16. The number of phenols is 1. The van der Waals surface area contributed by atoms with Crippen LogP contribution in [-0.2, 0) is 30.4 Å². The number of nitrogens with two attached hydrogens (primary N) is 2. The van der Waals surface area contributed by atoms with E-state index in [2.05, 4.69) is 16.0 Å². The average molecular weight is 510 g/mol. The molecule has 0 bridgehead atoms. The summed E-state index contributed by atoms with van der Waals surface area (Å²) in [6.45, 7) is 4.89. The third-order valence-electron chi connectivity index (χ3n) is 5.16. The van der Waals surface area contributed by atoms with Gasteiger partial charge in [0.15, 0.2) is 6.04 Å². The Balaban J connectivity index is 3.15. The summed E-state index contributed by atoms with van der Waals surface area (Å²) in [7, 11) is 0. The lowest BCUT2D eigenvalue weighted by atomic mass is 10.0. The number of aliphatic carboxylic acids is 1. The van der Waals surface area contributed by atoms with Crippen molar-refractivity contribution >= 4 is 29.6 Å². The first-order valence-corrected chi connectivity index (χ1v) is 11.3. The summed E-state index contributed by atoms with van der Waals surface area (Å²) >= 11 is 0. The molecule has 13 heteroatoms. The molecule has 0 radical (unpaired) electrons. The molecule has 0 heterocycles. The minimum absolute atomic E-state index is 0.00738. The van der Waals surface area contributed by atoms with Gasteiger partial charge in [0.2, 0.25) is 23.6 Å². The van der Waals surface area contributed by atoms with Crippen molar-refractivity contribution in [1.29, 1.82) is 0 Å². The fraction of sp³-hybridized carbons (Fsp3) is 0.522. The van der Waals surface area contributed by atoms with Gasteiger partial charge < -0.3 is 42.7 Å². The average Bonchev–Trinajstić information content (AvgIpc) is 2.76. The lowest BCUT2D eigenvalue weighted by molar-refractivity contribution is -0.145. The normalized spacial score (nSPS) is 15.2. The Hall–Kier alpha value is -3.71. The highest BCUT2D eigenvalue weighted by Crippen LogP contribution is 2.12. The summed E-state index contributed by atoms with van der Waals surface area (Å²) in [4.78, 5) is 61.3. The first-order valence-electron chi connectivity index (χ1n) is 11.3. The smallest absolute Gasteiger partial charge is 0.328 e. The topological polar surface area (TPSA) is 234 Å². The Morgan fingerprint density at radius 2 is 1.42 bits per heavy atom. The quantitative estimate of drug-likeness (QED) is 0.140. The molecule has 0 saturated heterocycles. The van der Waals surface area contributed by atoms with Gasteiger partial charge in [0, 0.05) is 6.42 Å². The standard InChI is InChI=1S/C23H35N5O8/c1-11(2)8-15(24)20(32)26-16(9-13-4-6-14(30)7-5-13)21(33)27-17(10-18(25)31)22(34)28-19(12(3)29)23(35)36/h4-7,11-12,15-17,19,29-30H,8-10,24H2,1-3H3,(H2,25,31)(H,26,32)(H,27,33)(H,28,34)(H,35,36). The molecule has 1 aromatic carbocycles. The number of carbonyl (C=O) groups is 5. The summed E-state index contributed by atoms with van der Waals surface area (Å²) in [5, 5.41) is 35.2. The highest BCUT2D eigenvalue weighted by molar-refractivity contribution is 5.96. The van der Waals surface area contributed by atoms with Crippen LogP contribution in [0.5, 0.6) is 5.75 Å². The van der Waals surface area contributed by atoms with Gasteiger partial charge in [0.05, 0.1) is 18.6 Å². The molecule has 0 fully saturated rings. The number of hydrogen-bond acceptors (Lipinski definition) is 8. The number of rotatable bonds is 14. The van der Waals surface area contributed by atoms with Gasteiger partial charge in [0.25, 0.3) is 0 Å². The van der Waals surface area contributed by atoms with Crippen LogP contribution in [0.2, 0.25) is 0 Å². The van der Waals surface area contributed by atoms with E-state index in [1.54, 1.807) is 0 Å². The molecule has 10 N–H and O–H groups in total. The van der Waals surface area contributed by atoms with E-state index in [9.17, 15) is 39.3 Å². The van der Waals surface area contributed by atoms with Gasteiger partial charge in [-0.2, -0.15) is 0 Å². The van der Waals surface area contributed by atoms with Crippen molar-refractivity contribution in [2.45, 2.75) is 70.3 Å². The Kier molecular flexibility index (Phi) is 11.8. The van der Waals surface area contributed by atoms with Crippen LogP contribution in [0.25, 0.3) is 0 Å². The van der Waals surface area contributed by atoms with E-state index in [0.717, 1.165) is 6.92 Å². The molecule has 4 amide bonds. The van der Waals surface area contributed by atoms with Crippen molar-refractivity contribution < 1.29 is 39.3 Å². The molecule has 13 nitrogen and oxygen atoms in total. The zero-order valence-electron chi connectivity index (χ0n) is 20.4. The maximum absolute atomic E-state index is 13.1. The molecule has 200 valence electrons. The second kappa shape index (κ2) is 14.0. The Morgan fingerprint density at radius 1 is 0.889 bits per heavy atom. The molecule has 1 rings (SSSR count). The van der Waals surface area contributed by atoms with E-state index < -0.39 is 66.3 Å². The van der Waals surface area contributed by atoms with Crippen molar-refractivity contribution in [2.24, 2.45) is 17.4 Å². The number of aliphatic hydroxyl groups excluding tert-OH is 1. The molecule has 36 heavy (non-hydrogen) atoms. The van der Waals surface area contributed by atoms with E-state index in [0.29, 0.717) is 12.0 Å². The van der Waals surface area contributed by atoms with Gasteiger partial charge in [-0.15, -0.1) is 0 Å². The Bertz CT molecular complexity index is 935. The fourth-order valence-corrected chi connectivity index (χ4v) is 3.30. The summed E-state index contributed by atoms with van der Waals surface area (Å²) in [6, 6.07) is 0.407. The monoisotopic (exact) mass is 509 g/mol. The lowest BCUT2D eigenvalue weighted by Crippen LogP contribution is -2.59. The van der Waals surface area contributed by atoms with Crippen LogP contribution < -0.4 is 27.4 Å². The minimum atomic E-state index is -1.70. The maximum atomic E-state index is 13.1. The van der Waals surface area contributed by atoms with E-state index in [1.165, 1.54) is 24.3 Å². The second-order valence-electron chi connectivity index (χ2n) is 8.96. The van der Waals surface area contributed by atoms with Crippen molar-refractivity contribution in [3.05, 3.63) is 29.8 Å². The van der Waals surface area contributed by atoms with Crippen molar-refractivity contribution in [1.82, 2.24) is 16.0 Å².